The molecule has 2 fully saturated rings. The highest BCUT2D eigenvalue weighted by Crippen LogP contribution is 2.23. The lowest BCUT2D eigenvalue weighted by molar-refractivity contribution is -0.125. The number of aromatic nitrogens is 2. The summed E-state index contributed by atoms with van der Waals surface area (Å²) < 4.78 is 2.75. The maximum absolute atomic E-state index is 12.9. The van der Waals surface area contributed by atoms with Gasteiger partial charge in [0, 0.05) is 39.3 Å². The van der Waals surface area contributed by atoms with E-state index < -0.39 is 0 Å². The molecule has 2 aliphatic rings. The van der Waals surface area contributed by atoms with Gasteiger partial charge in [-0.2, -0.15) is 0 Å². The first-order chi connectivity index (χ1) is 17.5. The fourth-order valence-electron chi connectivity index (χ4n) is 5.64. The Morgan fingerprint density at radius 2 is 1.81 bits per heavy atom. The van der Waals surface area contributed by atoms with E-state index in [-0.39, 0.29) is 23.1 Å². The van der Waals surface area contributed by atoms with Gasteiger partial charge in [-0.05, 0) is 76.6 Å². The fourth-order valence-corrected chi connectivity index (χ4v) is 5.64. The summed E-state index contributed by atoms with van der Waals surface area (Å²) in [6, 6.07) is 12.3. The Hall–Kier alpha value is -2.87. The van der Waals surface area contributed by atoms with Gasteiger partial charge in [-0.1, -0.05) is 30.3 Å². The molecule has 2 aromatic rings. The molecular weight excluding hydrogens is 454 g/mol. The third kappa shape index (κ3) is 6.46. The van der Waals surface area contributed by atoms with Crippen molar-refractivity contribution in [3.63, 3.8) is 0 Å². The Labute approximate surface area is 213 Å². The zero-order valence-electron chi connectivity index (χ0n) is 21.8. The van der Waals surface area contributed by atoms with Crippen LogP contribution in [0.2, 0.25) is 0 Å². The summed E-state index contributed by atoms with van der Waals surface area (Å²) in [4.78, 5) is 42.2. The number of amides is 1. The summed E-state index contributed by atoms with van der Waals surface area (Å²) in [6.45, 7) is 7.64. The molecule has 0 radical (unpaired) electrons. The minimum atomic E-state index is -0.310. The molecule has 1 N–H and O–H groups in total. The molecule has 0 bridgehead atoms. The summed E-state index contributed by atoms with van der Waals surface area (Å²) >= 11 is 0. The van der Waals surface area contributed by atoms with Crippen molar-refractivity contribution in [2.24, 2.45) is 18.9 Å². The Balaban J connectivity index is 1.20. The summed E-state index contributed by atoms with van der Waals surface area (Å²) in [5.41, 5.74) is 0.818. The second-order valence-corrected chi connectivity index (χ2v) is 10.3. The quantitative estimate of drug-likeness (QED) is 0.540. The van der Waals surface area contributed by atoms with Crippen LogP contribution in [0.1, 0.15) is 44.6 Å². The first kappa shape index (κ1) is 26.2. The predicted octanol–water partition coefficient (Wildman–Crippen LogP) is 2.24. The van der Waals surface area contributed by atoms with Crippen LogP contribution in [0.4, 0.5) is 5.82 Å². The van der Waals surface area contributed by atoms with Gasteiger partial charge in [0.15, 0.2) is 0 Å². The van der Waals surface area contributed by atoms with Crippen molar-refractivity contribution in [2.75, 3.05) is 44.2 Å². The van der Waals surface area contributed by atoms with E-state index in [9.17, 15) is 14.4 Å². The highest BCUT2D eigenvalue weighted by atomic mass is 16.2. The number of anilines is 1. The van der Waals surface area contributed by atoms with Crippen molar-refractivity contribution in [1.29, 1.82) is 0 Å². The first-order valence-electron chi connectivity index (χ1n) is 13.6. The topological polar surface area (TPSA) is 79.6 Å². The molecule has 3 heterocycles. The second kappa shape index (κ2) is 12.4. The molecule has 8 heteroatoms. The van der Waals surface area contributed by atoms with Gasteiger partial charge in [0.25, 0.3) is 5.56 Å². The lowest BCUT2D eigenvalue weighted by Gasteiger charge is -2.35. The molecule has 2 aliphatic heterocycles. The van der Waals surface area contributed by atoms with Crippen molar-refractivity contribution in [3.8, 4) is 0 Å². The van der Waals surface area contributed by atoms with Crippen molar-refractivity contribution in [1.82, 2.24) is 19.4 Å². The van der Waals surface area contributed by atoms with Crippen molar-refractivity contribution < 1.29 is 4.79 Å². The molecule has 2 saturated heterocycles. The Kier molecular flexibility index (Phi) is 9.02. The van der Waals surface area contributed by atoms with Gasteiger partial charge in [0.05, 0.1) is 5.92 Å². The molecule has 8 nitrogen and oxygen atoms in total. The van der Waals surface area contributed by atoms with Crippen LogP contribution < -0.4 is 21.5 Å². The lowest BCUT2D eigenvalue weighted by Crippen LogP contribution is -2.47. The summed E-state index contributed by atoms with van der Waals surface area (Å²) in [5.74, 6) is 1.35. The van der Waals surface area contributed by atoms with E-state index in [1.54, 1.807) is 4.57 Å². The molecule has 1 aromatic heterocycles. The number of hydrogen-bond acceptors (Lipinski definition) is 5. The Morgan fingerprint density at radius 3 is 2.53 bits per heavy atom. The highest BCUT2D eigenvalue weighted by molar-refractivity contribution is 5.79. The van der Waals surface area contributed by atoms with E-state index in [1.807, 2.05) is 11.8 Å². The molecule has 0 aliphatic carbocycles. The molecule has 1 aromatic carbocycles. The number of carbonyl (C=O) groups excluding carboxylic acids is 1. The largest absolute Gasteiger partial charge is 0.357 e. The first-order valence-corrected chi connectivity index (χ1v) is 13.6. The smallest absolute Gasteiger partial charge is 0.332 e. The molecule has 1 amide bonds. The van der Waals surface area contributed by atoms with Crippen LogP contribution in [-0.2, 0) is 24.8 Å². The molecule has 0 spiro atoms. The number of nitrogens with one attached hydrogen (secondary N) is 1. The average Bonchev–Trinajstić information content (AvgIpc) is 2.91. The highest BCUT2D eigenvalue weighted by Gasteiger charge is 2.28. The van der Waals surface area contributed by atoms with Crippen LogP contribution in [-0.4, -0.2) is 59.2 Å². The van der Waals surface area contributed by atoms with E-state index in [1.165, 1.54) is 37.9 Å². The zero-order valence-corrected chi connectivity index (χ0v) is 21.8. The predicted molar refractivity (Wildman–Crippen MR) is 143 cm³/mol. The van der Waals surface area contributed by atoms with Gasteiger partial charge >= 0.3 is 5.69 Å². The van der Waals surface area contributed by atoms with E-state index in [0.717, 1.165) is 55.9 Å². The molecular formula is C28H41N5O3. The van der Waals surface area contributed by atoms with Gasteiger partial charge in [0.1, 0.15) is 5.82 Å². The normalized spacial score (nSPS) is 19.4. The molecule has 0 saturated carbocycles. The maximum atomic E-state index is 12.9. The molecule has 0 unspecified atom stereocenters. The minimum Gasteiger partial charge on any atom is -0.357 e. The molecule has 196 valence electrons. The van der Waals surface area contributed by atoms with E-state index in [0.29, 0.717) is 25.5 Å². The molecule has 36 heavy (non-hydrogen) atoms. The zero-order chi connectivity index (χ0) is 25.5. The third-order valence-corrected chi connectivity index (χ3v) is 7.83. The summed E-state index contributed by atoms with van der Waals surface area (Å²) in [7, 11) is 1.50. The van der Waals surface area contributed by atoms with Gasteiger partial charge < -0.3 is 15.1 Å². The van der Waals surface area contributed by atoms with Crippen molar-refractivity contribution in [3.05, 3.63) is 62.8 Å². The lowest BCUT2D eigenvalue weighted by atomic mass is 9.90. The minimum absolute atomic E-state index is 0.0792. The van der Waals surface area contributed by atoms with Crippen LogP contribution in [0.3, 0.4) is 0 Å². The Bertz CT molecular complexity index is 1120. The van der Waals surface area contributed by atoms with Crippen LogP contribution in [0.15, 0.2) is 46.0 Å². The van der Waals surface area contributed by atoms with E-state index in [4.69, 9.17) is 0 Å². The van der Waals surface area contributed by atoms with Crippen LogP contribution >= 0.6 is 0 Å². The van der Waals surface area contributed by atoms with Crippen molar-refractivity contribution >= 4 is 11.7 Å². The number of nitrogens with zero attached hydrogens (tertiary/aromatic N) is 4. The number of likely N-dealkylation sites (tertiary alicyclic amines) is 1. The summed E-state index contributed by atoms with van der Waals surface area (Å²) in [5, 5.41) is 3.14. The number of benzene rings is 1. The molecule has 4 rings (SSSR count). The summed E-state index contributed by atoms with van der Waals surface area (Å²) in [6.07, 6.45) is 6.31. The van der Waals surface area contributed by atoms with Crippen LogP contribution in [0.25, 0.3) is 0 Å². The number of rotatable bonds is 9. The SMILES string of the molecule is CCn1c(N2CCC[C@@H](C(=O)NCCCN3CCC(Cc4ccccc4)CC3)C2)cc(=O)n(C)c1=O. The maximum Gasteiger partial charge on any atom is 0.332 e. The Morgan fingerprint density at radius 1 is 1.06 bits per heavy atom. The van der Waals surface area contributed by atoms with Crippen LogP contribution in [0, 0.1) is 11.8 Å². The fraction of sp³-hybridized carbons (Fsp3) is 0.607. The average molecular weight is 496 g/mol. The van der Waals surface area contributed by atoms with Gasteiger partial charge in [-0.15, -0.1) is 0 Å². The number of carbonyl (C=O) groups is 1. The van der Waals surface area contributed by atoms with Crippen LogP contribution in [0.5, 0.6) is 0 Å². The monoisotopic (exact) mass is 495 g/mol. The molecule has 1 atom stereocenters. The number of piperidine rings is 2. The van der Waals surface area contributed by atoms with E-state index >= 15 is 0 Å². The second-order valence-electron chi connectivity index (χ2n) is 10.3. The van der Waals surface area contributed by atoms with E-state index in [2.05, 4.69) is 40.5 Å². The van der Waals surface area contributed by atoms with Gasteiger partial charge in [-0.25, -0.2) is 4.79 Å². The van der Waals surface area contributed by atoms with Gasteiger partial charge in [0.2, 0.25) is 5.91 Å². The van der Waals surface area contributed by atoms with Gasteiger partial charge in [-0.3, -0.25) is 18.7 Å². The van der Waals surface area contributed by atoms with Crippen molar-refractivity contribution in [2.45, 2.75) is 52.0 Å². The number of hydrogen-bond donors (Lipinski definition) is 1. The standard InChI is InChI=1S/C28H41N5O3/c1-3-33-25(20-26(34)30(2)28(33)36)32-16-7-11-24(21-32)27(35)29-14-8-15-31-17-12-23(13-18-31)19-22-9-5-4-6-10-22/h4-6,9-10,20,23-24H,3,7-8,11-19,21H2,1-2H3,(H,29,35)/t24-/m1/s1. The third-order valence-electron chi connectivity index (χ3n) is 7.83.